The second-order valence-corrected chi connectivity index (χ2v) is 12.0. The Labute approximate surface area is 304 Å². The maximum Gasteiger partial charge on any atom is 0.422 e. The standard InChI is InChI=1S/C35H45F3N6O4.2ClH/c1-5-42(6-2)34(45)43-18-19-44-27(21-43)20-41(23-29(44)30(25-14-10-8-11-15-25)26-16-12-9-13-17-26)22-28-31(46-4)39-33(47-7-3)40-32(28)48-24-35(36,37)38;;/h8-17,27,29-30H,5-7,18-24H2,1-4H3;2*1H. The SMILES string of the molecule is CCOc1nc(OC)c(CN2CC3CN(C(=O)N(CC)CC)CCN3C(C(c3ccccc3)c3ccccc3)C2)c(OCC(F)(F)F)n1.Cl.Cl. The summed E-state index contributed by atoms with van der Waals surface area (Å²) < 4.78 is 56.3. The topological polar surface area (TPSA) is 83.5 Å². The maximum atomic E-state index is 13.5. The summed E-state index contributed by atoms with van der Waals surface area (Å²) in [4.78, 5) is 30.5. The Kier molecular flexibility index (Phi) is 15.2. The number of urea groups is 1. The molecule has 0 aliphatic carbocycles. The van der Waals surface area contributed by atoms with E-state index in [2.05, 4.69) is 44.0 Å². The molecule has 2 saturated heterocycles. The number of alkyl halides is 3. The van der Waals surface area contributed by atoms with Crippen molar-refractivity contribution in [2.45, 2.75) is 51.5 Å². The summed E-state index contributed by atoms with van der Waals surface area (Å²) in [5.41, 5.74) is 2.62. The van der Waals surface area contributed by atoms with Crippen LogP contribution < -0.4 is 14.2 Å². The van der Waals surface area contributed by atoms with E-state index in [0.717, 1.165) is 11.1 Å². The van der Waals surface area contributed by atoms with Gasteiger partial charge in [-0.05, 0) is 31.9 Å². The van der Waals surface area contributed by atoms with Gasteiger partial charge in [-0.1, -0.05) is 60.7 Å². The van der Waals surface area contributed by atoms with E-state index in [1.165, 1.54) is 7.11 Å². The lowest BCUT2D eigenvalue weighted by atomic mass is 9.81. The molecule has 1 aromatic heterocycles. The van der Waals surface area contributed by atoms with Gasteiger partial charge in [-0.25, -0.2) is 4.79 Å². The molecule has 2 amide bonds. The first-order valence-electron chi connectivity index (χ1n) is 16.5. The smallest absolute Gasteiger partial charge is 0.422 e. The minimum atomic E-state index is -4.57. The number of hydrogen-bond acceptors (Lipinski definition) is 8. The fourth-order valence-corrected chi connectivity index (χ4v) is 6.88. The van der Waals surface area contributed by atoms with Crippen LogP contribution in [0.5, 0.6) is 17.8 Å². The summed E-state index contributed by atoms with van der Waals surface area (Å²) in [6.45, 7) is 8.77. The van der Waals surface area contributed by atoms with E-state index in [-0.39, 0.29) is 79.8 Å². The lowest BCUT2D eigenvalue weighted by molar-refractivity contribution is -0.154. The average Bonchev–Trinajstić information content (AvgIpc) is 3.09. The molecule has 0 bridgehead atoms. The Bertz CT molecular complexity index is 1450. The number of rotatable bonds is 12. The molecule has 2 atom stereocenters. The van der Waals surface area contributed by atoms with Crippen molar-refractivity contribution < 1.29 is 32.2 Å². The number of carbonyl (C=O) groups excluding carboxylic acids is 1. The van der Waals surface area contributed by atoms with Crippen LogP contribution in [0.1, 0.15) is 43.4 Å². The number of amides is 2. The number of hydrogen-bond donors (Lipinski definition) is 0. The normalized spacial score (nSPS) is 18.0. The van der Waals surface area contributed by atoms with Crippen LogP contribution in [-0.4, -0.2) is 120 Å². The van der Waals surface area contributed by atoms with Crippen molar-refractivity contribution in [3.8, 4) is 17.8 Å². The van der Waals surface area contributed by atoms with Gasteiger partial charge in [0.2, 0.25) is 11.8 Å². The van der Waals surface area contributed by atoms with Crippen molar-refractivity contribution >= 4 is 30.8 Å². The molecule has 2 aliphatic heterocycles. The molecule has 0 spiro atoms. The van der Waals surface area contributed by atoms with Gasteiger partial charge in [0.15, 0.2) is 6.61 Å². The van der Waals surface area contributed by atoms with Crippen molar-refractivity contribution in [2.24, 2.45) is 0 Å². The van der Waals surface area contributed by atoms with Crippen LogP contribution in [-0.2, 0) is 6.54 Å². The third-order valence-corrected chi connectivity index (χ3v) is 9.01. The zero-order chi connectivity index (χ0) is 34.3. The molecule has 0 radical (unpaired) electrons. The van der Waals surface area contributed by atoms with Crippen molar-refractivity contribution in [1.29, 1.82) is 0 Å². The van der Waals surface area contributed by atoms with Crippen LogP contribution >= 0.6 is 24.8 Å². The fourth-order valence-electron chi connectivity index (χ4n) is 6.88. The van der Waals surface area contributed by atoms with Crippen molar-refractivity contribution in [1.82, 2.24) is 29.6 Å². The predicted octanol–water partition coefficient (Wildman–Crippen LogP) is 6.13. The minimum Gasteiger partial charge on any atom is -0.481 e. The first-order chi connectivity index (χ1) is 23.1. The number of halogens is 5. The fraction of sp³-hybridized carbons (Fsp3) is 0.514. The van der Waals surface area contributed by atoms with Crippen LogP contribution in [0.4, 0.5) is 18.0 Å². The Morgan fingerprint density at radius 2 is 1.48 bits per heavy atom. The number of methoxy groups -OCH3 is 1. The molecule has 2 aliphatic rings. The molecule has 0 N–H and O–H groups in total. The van der Waals surface area contributed by atoms with Gasteiger partial charge in [-0.3, -0.25) is 9.80 Å². The first-order valence-corrected chi connectivity index (χ1v) is 16.5. The maximum absolute atomic E-state index is 13.5. The Morgan fingerprint density at radius 1 is 0.880 bits per heavy atom. The van der Waals surface area contributed by atoms with E-state index in [1.54, 1.807) is 6.92 Å². The number of aromatic nitrogens is 2. The molecule has 50 heavy (non-hydrogen) atoms. The molecule has 2 aromatic carbocycles. The molecule has 5 rings (SSSR count). The third-order valence-electron chi connectivity index (χ3n) is 9.01. The molecule has 10 nitrogen and oxygen atoms in total. The third kappa shape index (κ3) is 9.83. The molecule has 276 valence electrons. The van der Waals surface area contributed by atoms with E-state index in [0.29, 0.717) is 51.4 Å². The summed E-state index contributed by atoms with van der Waals surface area (Å²) in [6, 6.07) is 20.5. The van der Waals surface area contributed by atoms with Gasteiger partial charge in [0.25, 0.3) is 0 Å². The second-order valence-electron chi connectivity index (χ2n) is 12.0. The first kappa shape index (κ1) is 40.9. The van der Waals surface area contributed by atoms with E-state index in [9.17, 15) is 18.0 Å². The van der Waals surface area contributed by atoms with Gasteiger partial charge in [0, 0.05) is 70.4 Å². The highest BCUT2D eigenvalue weighted by atomic mass is 35.5. The summed E-state index contributed by atoms with van der Waals surface area (Å²) >= 11 is 0. The number of piperazine rings is 2. The largest absolute Gasteiger partial charge is 0.481 e. The summed E-state index contributed by atoms with van der Waals surface area (Å²) in [6.07, 6.45) is -4.57. The molecule has 3 aromatic rings. The Hall–Kier alpha value is -3.52. The van der Waals surface area contributed by atoms with E-state index in [1.807, 2.05) is 60.0 Å². The average molecular weight is 744 g/mol. The van der Waals surface area contributed by atoms with Crippen molar-refractivity contribution in [2.75, 3.05) is 66.1 Å². The summed E-state index contributed by atoms with van der Waals surface area (Å²) in [7, 11) is 1.41. The predicted molar refractivity (Wildman–Crippen MR) is 190 cm³/mol. The van der Waals surface area contributed by atoms with Crippen LogP contribution in [0.3, 0.4) is 0 Å². The molecular weight excluding hydrogens is 696 g/mol. The zero-order valence-electron chi connectivity index (χ0n) is 28.8. The quantitative estimate of drug-likeness (QED) is 0.219. The molecule has 15 heteroatoms. The number of nitrogens with zero attached hydrogens (tertiary/aromatic N) is 6. The number of ether oxygens (including phenoxy) is 3. The van der Waals surface area contributed by atoms with Gasteiger partial charge in [-0.2, -0.15) is 23.1 Å². The molecule has 3 heterocycles. The molecule has 0 saturated carbocycles. The second kappa shape index (κ2) is 18.6. The highest BCUT2D eigenvalue weighted by Crippen LogP contribution is 2.38. The summed E-state index contributed by atoms with van der Waals surface area (Å²) in [5.74, 6) is -0.150. The van der Waals surface area contributed by atoms with Gasteiger partial charge in [-0.15, -0.1) is 24.8 Å². The van der Waals surface area contributed by atoms with Gasteiger partial charge < -0.3 is 24.0 Å². The zero-order valence-corrected chi connectivity index (χ0v) is 30.5. The van der Waals surface area contributed by atoms with Gasteiger partial charge >= 0.3 is 18.2 Å². The highest BCUT2D eigenvalue weighted by molar-refractivity contribution is 5.85. The number of carbonyl (C=O) groups is 1. The van der Waals surface area contributed by atoms with Crippen molar-refractivity contribution in [3.05, 3.63) is 77.4 Å². The summed E-state index contributed by atoms with van der Waals surface area (Å²) in [5, 5.41) is 0. The van der Waals surface area contributed by atoms with E-state index >= 15 is 0 Å². The monoisotopic (exact) mass is 742 g/mol. The van der Waals surface area contributed by atoms with Crippen LogP contribution in [0.25, 0.3) is 0 Å². The Morgan fingerprint density at radius 3 is 2.02 bits per heavy atom. The van der Waals surface area contributed by atoms with Crippen LogP contribution in [0, 0.1) is 0 Å². The van der Waals surface area contributed by atoms with Crippen molar-refractivity contribution in [3.63, 3.8) is 0 Å². The van der Waals surface area contributed by atoms with Crippen LogP contribution in [0.15, 0.2) is 60.7 Å². The molecule has 2 fully saturated rings. The Balaban J connectivity index is 0.00000338. The van der Waals surface area contributed by atoms with Gasteiger partial charge in [0.1, 0.15) is 0 Å². The van der Waals surface area contributed by atoms with E-state index in [4.69, 9.17) is 14.2 Å². The number of benzene rings is 2. The minimum absolute atomic E-state index is 0. The molecular formula is C35H47Cl2F3N6O4. The number of fused-ring (bicyclic) bond motifs is 1. The lowest BCUT2D eigenvalue weighted by Gasteiger charge is -2.53. The highest BCUT2D eigenvalue weighted by Gasteiger charge is 2.44. The van der Waals surface area contributed by atoms with Crippen LogP contribution in [0.2, 0.25) is 0 Å². The van der Waals surface area contributed by atoms with E-state index < -0.39 is 12.8 Å². The van der Waals surface area contributed by atoms with Gasteiger partial charge in [0.05, 0.1) is 19.3 Å². The lowest BCUT2D eigenvalue weighted by Crippen LogP contribution is -2.68. The molecule has 2 unspecified atom stereocenters.